The van der Waals surface area contributed by atoms with Crippen LogP contribution in [0.5, 0.6) is 0 Å². The molecule has 1 unspecified atom stereocenters. The quantitative estimate of drug-likeness (QED) is 0.818. The number of nitrogens with zero attached hydrogens (tertiary/aromatic N) is 2. The zero-order valence-electron chi connectivity index (χ0n) is 10.4. The average molecular weight is 274 g/mol. The Kier molecular flexibility index (Phi) is 3.58. The Balaban J connectivity index is 2.22. The smallest absolute Gasteiger partial charge is 0.252 e. The lowest BCUT2D eigenvalue weighted by Crippen LogP contribution is -2.51. The Morgan fingerprint density at radius 3 is 2.59 bits per heavy atom. The molecule has 2 rings (SSSR count). The van der Waals surface area contributed by atoms with Crippen molar-refractivity contribution in [2.24, 2.45) is 0 Å². The summed E-state index contributed by atoms with van der Waals surface area (Å²) in [7, 11) is -1.24. The molecule has 1 atom stereocenters. The van der Waals surface area contributed by atoms with Crippen LogP contribution in [0.3, 0.4) is 0 Å². The Morgan fingerprint density at radius 1 is 1.35 bits per heavy atom. The minimum Gasteiger partial charge on any atom is -0.301 e. The van der Waals surface area contributed by atoms with E-state index >= 15 is 0 Å². The second kappa shape index (κ2) is 4.68. The first kappa shape index (κ1) is 13.0. The SMILES string of the molecule is Cc1ccc(S(=O)(=O)N2CCN(C)C(C)C2)s1. The fraction of sp³-hybridized carbons (Fsp3) is 0.636. The van der Waals surface area contributed by atoms with E-state index in [4.69, 9.17) is 0 Å². The first-order valence-electron chi connectivity index (χ1n) is 5.68. The zero-order valence-corrected chi connectivity index (χ0v) is 12.0. The number of aryl methyl sites for hydroxylation is 1. The third kappa shape index (κ3) is 2.54. The third-order valence-corrected chi connectivity index (χ3v) is 6.57. The summed E-state index contributed by atoms with van der Waals surface area (Å²) in [6.45, 7) is 5.94. The van der Waals surface area contributed by atoms with Gasteiger partial charge >= 0.3 is 0 Å². The first-order chi connectivity index (χ1) is 7.91. The number of piperazine rings is 1. The van der Waals surface area contributed by atoms with E-state index < -0.39 is 10.0 Å². The third-order valence-electron chi connectivity index (χ3n) is 3.23. The van der Waals surface area contributed by atoms with E-state index in [2.05, 4.69) is 11.8 Å². The van der Waals surface area contributed by atoms with Crippen LogP contribution in [0.15, 0.2) is 16.3 Å². The molecule has 0 radical (unpaired) electrons. The predicted octanol–water partition coefficient (Wildman–Crippen LogP) is 1.38. The highest BCUT2D eigenvalue weighted by atomic mass is 32.2. The number of likely N-dealkylation sites (N-methyl/N-ethyl adjacent to an activating group) is 1. The minimum absolute atomic E-state index is 0.277. The van der Waals surface area contributed by atoms with Crippen LogP contribution in [0.4, 0.5) is 0 Å². The van der Waals surface area contributed by atoms with Crippen molar-refractivity contribution in [3.05, 3.63) is 17.0 Å². The molecule has 1 aromatic heterocycles. The Labute approximate surface area is 107 Å². The molecule has 0 aromatic carbocycles. The van der Waals surface area contributed by atoms with E-state index in [0.717, 1.165) is 11.4 Å². The molecule has 0 aliphatic carbocycles. The predicted molar refractivity (Wildman–Crippen MR) is 69.9 cm³/mol. The van der Waals surface area contributed by atoms with E-state index in [1.807, 2.05) is 20.0 Å². The van der Waals surface area contributed by atoms with Crippen LogP contribution >= 0.6 is 11.3 Å². The van der Waals surface area contributed by atoms with Gasteiger partial charge in [-0.1, -0.05) is 0 Å². The number of sulfonamides is 1. The molecule has 0 saturated carbocycles. The molecular weight excluding hydrogens is 256 g/mol. The van der Waals surface area contributed by atoms with Crippen molar-refractivity contribution in [2.75, 3.05) is 26.7 Å². The van der Waals surface area contributed by atoms with Crippen molar-refractivity contribution in [3.8, 4) is 0 Å². The lowest BCUT2D eigenvalue weighted by Gasteiger charge is -2.36. The van der Waals surface area contributed by atoms with Crippen molar-refractivity contribution in [3.63, 3.8) is 0 Å². The van der Waals surface area contributed by atoms with E-state index in [9.17, 15) is 8.42 Å². The molecule has 1 aliphatic rings. The average Bonchev–Trinajstić information content (AvgIpc) is 2.69. The van der Waals surface area contributed by atoms with Gasteiger partial charge in [-0.05, 0) is 33.0 Å². The summed E-state index contributed by atoms with van der Waals surface area (Å²) in [5.41, 5.74) is 0. The molecular formula is C11H18N2O2S2. The number of rotatable bonds is 2. The molecule has 17 heavy (non-hydrogen) atoms. The first-order valence-corrected chi connectivity index (χ1v) is 7.94. The van der Waals surface area contributed by atoms with Crippen molar-refractivity contribution in [1.82, 2.24) is 9.21 Å². The molecule has 1 aromatic rings. The molecule has 4 nitrogen and oxygen atoms in total. The number of hydrogen-bond donors (Lipinski definition) is 0. The Bertz CT molecular complexity index is 495. The van der Waals surface area contributed by atoms with E-state index in [1.165, 1.54) is 11.3 Å². The second-order valence-corrected chi connectivity index (χ2v) is 8.01. The van der Waals surface area contributed by atoms with Gasteiger partial charge in [-0.2, -0.15) is 4.31 Å². The highest BCUT2D eigenvalue weighted by Crippen LogP contribution is 2.25. The molecule has 2 heterocycles. The molecule has 0 amide bonds. The molecule has 0 N–H and O–H groups in total. The van der Waals surface area contributed by atoms with Gasteiger partial charge in [0, 0.05) is 30.6 Å². The lowest BCUT2D eigenvalue weighted by atomic mass is 10.2. The van der Waals surface area contributed by atoms with Crippen molar-refractivity contribution < 1.29 is 8.42 Å². The summed E-state index contributed by atoms with van der Waals surface area (Å²) in [6, 6.07) is 3.84. The van der Waals surface area contributed by atoms with Gasteiger partial charge in [0.25, 0.3) is 10.0 Å². The Hall–Kier alpha value is -0.430. The van der Waals surface area contributed by atoms with Gasteiger partial charge in [0.05, 0.1) is 0 Å². The van der Waals surface area contributed by atoms with Crippen molar-refractivity contribution in [2.45, 2.75) is 24.1 Å². The summed E-state index contributed by atoms with van der Waals surface area (Å²) in [5, 5.41) is 0. The summed E-state index contributed by atoms with van der Waals surface area (Å²) in [5.74, 6) is 0. The summed E-state index contributed by atoms with van der Waals surface area (Å²) in [6.07, 6.45) is 0. The maximum atomic E-state index is 12.4. The van der Waals surface area contributed by atoms with Gasteiger partial charge < -0.3 is 4.90 Å². The molecule has 6 heteroatoms. The van der Waals surface area contributed by atoms with Crippen LogP contribution in [0, 0.1) is 6.92 Å². The fourth-order valence-electron chi connectivity index (χ4n) is 1.91. The zero-order chi connectivity index (χ0) is 12.6. The van der Waals surface area contributed by atoms with Gasteiger partial charge in [-0.3, -0.25) is 0 Å². The largest absolute Gasteiger partial charge is 0.301 e. The van der Waals surface area contributed by atoms with Gasteiger partial charge in [-0.25, -0.2) is 8.42 Å². The van der Waals surface area contributed by atoms with E-state index in [-0.39, 0.29) is 6.04 Å². The van der Waals surface area contributed by atoms with Crippen LogP contribution in [-0.2, 0) is 10.0 Å². The molecule has 96 valence electrons. The van der Waals surface area contributed by atoms with Crippen LogP contribution in [0.2, 0.25) is 0 Å². The van der Waals surface area contributed by atoms with Crippen LogP contribution in [-0.4, -0.2) is 50.3 Å². The lowest BCUT2D eigenvalue weighted by molar-refractivity contribution is 0.160. The van der Waals surface area contributed by atoms with Gasteiger partial charge in [-0.15, -0.1) is 11.3 Å². The summed E-state index contributed by atoms with van der Waals surface area (Å²) in [4.78, 5) is 3.22. The number of hydrogen-bond acceptors (Lipinski definition) is 4. The van der Waals surface area contributed by atoms with Crippen LogP contribution in [0.1, 0.15) is 11.8 Å². The highest BCUT2D eigenvalue weighted by Gasteiger charge is 2.31. The van der Waals surface area contributed by atoms with Gasteiger partial charge in [0.1, 0.15) is 4.21 Å². The fourth-order valence-corrected chi connectivity index (χ4v) is 4.86. The monoisotopic (exact) mass is 274 g/mol. The Morgan fingerprint density at radius 2 is 2.06 bits per heavy atom. The normalized spacial score (nSPS) is 24.1. The maximum Gasteiger partial charge on any atom is 0.252 e. The van der Waals surface area contributed by atoms with Gasteiger partial charge in [0.15, 0.2) is 0 Å². The molecule has 0 bridgehead atoms. The summed E-state index contributed by atoms with van der Waals surface area (Å²) < 4.78 is 26.8. The van der Waals surface area contributed by atoms with Crippen molar-refractivity contribution >= 4 is 21.4 Å². The second-order valence-electron chi connectivity index (χ2n) is 4.56. The van der Waals surface area contributed by atoms with Crippen LogP contribution < -0.4 is 0 Å². The number of thiophene rings is 1. The standard InChI is InChI=1S/C11H18N2O2S2/c1-9-8-13(7-6-12(9)3)17(14,15)11-5-4-10(2)16-11/h4-5,9H,6-8H2,1-3H3. The molecule has 1 aliphatic heterocycles. The van der Waals surface area contributed by atoms with Crippen molar-refractivity contribution in [1.29, 1.82) is 0 Å². The van der Waals surface area contributed by atoms with E-state index in [1.54, 1.807) is 10.4 Å². The highest BCUT2D eigenvalue weighted by molar-refractivity contribution is 7.91. The van der Waals surface area contributed by atoms with Crippen LogP contribution in [0.25, 0.3) is 0 Å². The molecule has 0 spiro atoms. The molecule has 1 saturated heterocycles. The molecule has 1 fully saturated rings. The van der Waals surface area contributed by atoms with Gasteiger partial charge in [0.2, 0.25) is 0 Å². The topological polar surface area (TPSA) is 40.6 Å². The van der Waals surface area contributed by atoms with E-state index in [0.29, 0.717) is 17.3 Å². The summed E-state index contributed by atoms with van der Waals surface area (Å²) >= 11 is 1.35. The maximum absolute atomic E-state index is 12.4. The minimum atomic E-state index is -3.27.